The van der Waals surface area contributed by atoms with Gasteiger partial charge in [-0.25, -0.2) is 4.39 Å². The number of amides is 1. The van der Waals surface area contributed by atoms with Crippen molar-refractivity contribution >= 4 is 12.0 Å². The van der Waals surface area contributed by atoms with Gasteiger partial charge in [0.05, 0.1) is 13.2 Å². The van der Waals surface area contributed by atoms with Gasteiger partial charge in [-0.3, -0.25) is 4.79 Å². The summed E-state index contributed by atoms with van der Waals surface area (Å²) in [6.45, 7) is 2.70. The molecule has 3 rings (SSSR count). The number of ether oxygens (including phenoxy) is 2. The van der Waals surface area contributed by atoms with E-state index in [0.29, 0.717) is 37.8 Å². The summed E-state index contributed by atoms with van der Waals surface area (Å²) < 4.78 is 24.6. The number of carbonyl (C=O) groups is 1. The van der Waals surface area contributed by atoms with E-state index in [1.165, 1.54) is 18.2 Å². The third kappa shape index (κ3) is 3.54. The van der Waals surface area contributed by atoms with Crippen molar-refractivity contribution in [2.75, 3.05) is 26.3 Å². The number of benzene rings is 1. The molecule has 2 heterocycles. The Morgan fingerprint density at radius 2 is 1.86 bits per heavy atom. The Morgan fingerprint density at radius 3 is 2.55 bits per heavy atom. The predicted octanol–water partition coefficient (Wildman–Crippen LogP) is 2.45. The van der Waals surface area contributed by atoms with E-state index in [1.807, 2.05) is 0 Å². The van der Waals surface area contributed by atoms with Crippen LogP contribution in [0.2, 0.25) is 0 Å². The molecule has 0 atom stereocenters. The minimum atomic E-state index is -0.319. The summed E-state index contributed by atoms with van der Waals surface area (Å²) in [6, 6.07) is 6.42. The molecule has 2 saturated heterocycles. The number of piperidine rings is 1. The van der Waals surface area contributed by atoms with Crippen LogP contribution in [0.1, 0.15) is 18.4 Å². The van der Waals surface area contributed by atoms with Gasteiger partial charge in [0.1, 0.15) is 5.82 Å². The van der Waals surface area contributed by atoms with Crippen molar-refractivity contribution < 1.29 is 18.7 Å². The molecule has 0 spiro atoms. The van der Waals surface area contributed by atoms with Gasteiger partial charge in [-0.05, 0) is 25.0 Å². The normalized spacial score (nSPS) is 20.9. The van der Waals surface area contributed by atoms with Crippen LogP contribution in [-0.2, 0) is 14.3 Å². The van der Waals surface area contributed by atoms with Crippen LogP contribution in [0.25, 0.3) is 6.08 Å². The van der Waals surface area contributed by atoms with Gasteiger partial charge >= 0.3 is 0 Å². The van der Waals surface area contributed by atoms with E-state index in [2.05, 4.69) is 0 Å². The van der Waals surface area contributed by atoms with Crippen molar-refractivity contribution in [3.63, 3.8) is 0 Å². The van der Waals surface area contributed by atoms with Crippen molar-refractivity contribution in [1.82, 2.24) is 4.90 Å². The molecule has 2 fully saturated rings. The molecule has 0 saturated carbocycles. The molecule has 1 amide bonds. The number of carbonyl (C=O) groups excluding carboxylic acids is 1. The second-order valence-electron chi connectivity index (χ2n) is 5.63. The molecular formula is C17H20FNO3. The lowest BCUT2D eigenvalue weighted by atomic mass is 9.96. The Labute approximate surface area is 129 Å². The van der Waals surface area contributed by atoms with Crippen molar-refractivity contribution in [2.45, 2.75) is 19.1 Å². The van der Waals surface area contributed by atoms with Crippen LogP contribution in [0, 0.1) is 11.7 Å². The smallest absolute Gasteiger partial charge is 0.246 e. The van der Waals surface area contributed by atoms with Gasteiger partial charge in [-0.15, -0.1) is 0 Å². The molecule has 0 radical (unpaired) electrons. The van der Waals surface area contributed by atoms with Crippen molar-refractivity contribution in [1.29, 1.82) is 0 Å². The fourth-order valence-corrected chi connectivity index (χ4v) is 2.92. The largest absolute Gasteiger partial charge is 0.350 e. The monoisotopic (exact) mass is 305 g/mol. The molecule has 0 N–H and O–H groups in total. The van der Waals surface area contributed by atoms with Crippen molar-refractivity contribution in [3.8, 4) is 0 Å². The standard InChI is InChI=1S/C17H20FNO3/c18-15-4-2-1-3-13(15)5-6-16(20)19-9-7-14(8-10-19)17-21-11-12-22-17/h1-6,14,17H,7-12H2/b6-5+. The highest BCUT2D eigenvalue weighted by Gasteiger charge is 2.31. The lowest BCUT2D eigenvalue weighted by Gasteiger charge is -2.33. The van der Waals surface area contributed by atoms with Gasteiger partial charge in [-0.1, -0.05) is 18.2 Å². The summed E-state index contributed by atoms with van der Waals surface area (Å²) in [4.78, 5) is 14.0. The van der Waals surface area contributed by atoms with Gasteiger partial charge in [0, 0.05) is 30.6 Å². The fourth-order valence-electron chi connectivity index (χ4n) is 2.92. The Balaban J connectivity index is 1.52. The van der Waals surface area contributed by atoms with Crippen LogP contribution < -0.4 is 0 Å². The highest BCUT2D eigenvalue weighted by molar-refractivity contribution is 5.91. The molecule has 1 aromatic rings. The maximum atomic E-state index is 13.5. The van der Waals surface area contributed by atoms with Crippen LogP contribution in [-0.4, -0.2) is 43.4 Å². The first-order valence-corrected chi connectivity index (χ1v) is 7.69. The van der Waals surface area contributed by atoms with E-state index in [-0.39, 0.29) is 18.0 Å². The molecular weight excluding hydrogens is 285 g/mol. The molecule has 118 valence electrons. The number of likely N-dealkylation sites (tertiary alicyclic amines) is 1. The second kappa shape index (κ2) is 7.03. The fraction of sp³-hybridized carbons (Fsp3) is 0.471. The topological polar surface area (TPSA) is 38.8 Å². The van der Waals surface area contributed by atoms with E-state index in [0.717, 1.165) is 12.8 Å². The first-order valence-electron chi connectivity index (χ1n) is 7.69. The summed E-state index contributed by atoms with van der Waals surface area (Å²) in [5, 5.41) is 0. The van der Waals surface area contributed by atoms with E-state index in [9.17, 15) is 9.18 Å². The highest BCUT2D eigenvalue weighted by Crippen LogP contribution is 2.25. The third-order valence-corrected chi connectivity index (χ3v) is 4.19. The van der Waals surface area contributed by atoms with E-state index < -0.39 is 0 Å². The minimum Gasteiger partial charge on any atom is -0.350 e. The molecule has 0 aliphatic carbocycles. The Hall–Kier alpha value is -1.72. The molecule has 0 aromatic heterocycles. The zero-order chi connectivity index (χ0) is 15.4. The predicted molar refractivity (Wildman–Crippen MR) is 80.4 cm³/mol. The molecule has 1 aromatic carbocycles. The first-order chi connectivity index (χ1) is 10.7. The minimum absolute atomic E-state index is 0.0741. The summed E-state index contributed by atoms with van der Waals surface area (Å²) in [5.74, 6) is -0.0298. The Bertz CT molecular complexity index is 547. The molecule has 4 nitrogen and oxygen atoms in total. The van der Waals surface area contributed by atoms with Gasteiger partial charge < -0.3 is 14.4 Å². The summed E-state index contributed by atoms with van der Waals surface area (Å²) in [6.07, 6.45) is 4.63. The molecule has 0 unspecified atom stereocenters. The number of halogens is 1. The lowest BCUT2D eigenvalue weighted by molar-refractivity contribution is -0.131. The lowest BCUT2D eigenvalue weighted by Crippen LogP contribution is -2.40. The number of hydrogen-bond donors (Lipinski definition) is 0. The Morgan fingerprint density at radius 1 is 1.18 bits per heavy atom. The van der Waals surface area contributed by atoms with E-state index in [1.54, 1.807) is 23.1 Å². The molecule has 2 aliphatic rings. The van der Waals surface area contributed by atoms with Gasteiger partial charge in [0.25, 0.3) is 0 Å². The average molecular weight is 305 g/mol. The van der Waals surface area contributed by atoms with Crippen LogP contribution >= 0.6 is 0 Å². The zero-order valence-corrected chi connectivity index (χ0v) is 12.4. The van der Waals surface area contributed by atoms with Crippen molar-refractivity contribution in [3.05, 3.63) is 41.7 Å². The number of rotatable bonds is 3. The third-order valence-electron chi connectivity index (χ3n) is 4.19. The second-order valence-corrected chi connectivity index (χ2v) is 5.63. The van der Waals surface area contributed by atoms with E-state index >= 15 is 0 Å². The maximum absolute atomic E-state index is 13.5. The van der Waals surface area contributed by atoms with E-state index in [4.69, 9.17) is 9.47 Å². The molecule has 5 heteroatoms. The van der Waals surface area contributed by atoms with Crippen molar-refractivity contribution in [2.24, 2.45) is 5.92 Å². The molecule has 0 bridgehead atoms. The van der Waals surface area contributed by atoms with Crippen LogP contribution in [0.15, 0.2) is 30.3 Å². The Kier molecular flexibility index (Phi) is 4.85. The highest BCUT2D eigenvalue weighted by atomic mass is 19.1. The summed E-state index contributed by atoms with van der Waals surface area (Å²) >= 11 is 0. The average Bonchev–Trinajstić information content (AvgIpc) is 3.08. The maximum Gasteiger partial charge on any atom is 0.246 e. The van der Waals surface area contributed by atoms with Gasteiger partial charge in [-0.2, -0.15) is 0 Å². The quantitative estimate of drug-likeness (QED) is 0.805. The van der Waals surface area contributed by atoms with Gasteiger partial charge in [0.2, 0.25) is 5.91 Å². The molecule has 2 aliphatic heterocycles. The summed E-state index contributed by atoms with van der Waals surface area (Å²) in [7, 11) is 0. The summed E-state index contributed by atoms with van der Waals surface area (Å²) in [5.41, 5.74) is 0.429. The van der Waals surface area contributed by atoms with Gasteiger partial charge in [0.15, 0.2) is 6.29 Å². The number of hydrogen-bond acceptors (Lipinski definition) is 3. The zero-order valence-electron chi connectivity index (χ0n) is 12.4. The van der Waals surface area contributed by atoms with Crippen LogP contribution in [0.5, 0.6) is 0 Å². The van der Waals surface area contributed by atoms with Crippen LogP contribution in [0.3, 0.4) is 0 Å². The SMILES string of the molecule is O=C(/C=C/c1ccccc1F)N1CCC(C2OCCO2)CC1. The number of nitrogens with zero attached hydrogens (tertiary/aromatic N) is 1. The van der Waals surface area contributed by atoms with Crippen LogP contribution in [0.4, 0.5) is 4.39 Å². The first kappa shape index (κ1) is 15.2. The molecule has 22 heavy (non-hydrogen) atoms.